The molecule has 1 heterocycles. The summed E-state index contributed by atoms with van der Waals surface area (Å²) < 4.78 is 19.0. The average Bonchev–Trinajstić information content (AvgIpc) is 2.19. The number of hydrogen-bond acceptors (Lipinski definition) is 1. The largest absolute Gasteiger partial charge is 0.371 e. The smallest absolute Gasteiger partial charge is 0.129 e. The minimum atomic E-state index is -0.190. The Labute approximate surface area is 83.1 Å². The summed E-state index contributed by atoms with van der Waals surface area (Å²) in [7, 11) is 0. The highest BCUT2D eigenvalue weighted by Gasteiger charge is 2.19. The lowest BCUT2D eigenvalue weighted by Gasteiger charge is -2.23. The average molecular weight is 194 g/mol. The van der Waals surface area contributed by atoms with Crippen molar-refractivity contribution in [2.45, 2.75) is 13.0 Å². The summed E-state index contributed by atoms with van der Waals surface area (Å²) in [5.41, 5.74) is 1.55. The molecule has 2 rings (SSSR count). The molecule has 1 unspecified atom stereocenters. The first-order valence-corrected chi connectivity index (χ1v) is 4.78. The van der Waals surface area contributed by atoms with E-state index in [4.69, 9.17) is 4.74 Å². The quantitative estimate of drug-likeness (QED) is 0.668. The van der Waals surface area contributed by atoms with Gasteiger partial charge in [0.25, 0.3) is 0 Å². The van der Waals surface area contributed by atoms with Crippen molar-refractivity contribution in [1.82, 2.24) is 5.32 Å². The summed E-state index contributed by atoms with van der Waals surface area (Å²) in [4.78, 5) is 0. The van der Waals surface area contributed by atoms with Gasteiger partial charge >= 0.3 is 0 Å². The number of hydrogen-bond donors (Lipinski definition) is 0. The van der Waals surface area contributed by atoms with E-state index in [1.807, 2.05) is 13.0 Å². The van der Waals surface area contributed by atoms with Crippen molar-refractivity contribution in [3.05, 3.63) is 35.1 Å². The summed E-state index contributed by atoms with van der Waals surface area (Å²) in [5, 5.41) is 4.21. The second kappa shape index (κ2) is 4.07. The van der Waals surface area contributed by atoms with E-state index in [-0.39, 0.29) is 11.9 Å². The standard InChI is InChI=1S/C11H13FNO/c1-8-2-3-9(10(12)6-8)11-7-13-4-5-14-11/h2-3,6,11H,4-5,7H2,1H3. The van der Waals surface area contributed by atoms with Crippen molar-refractivity contribution in [2.24, 2.45) is 0 Å². The second-order valence-electron chi connectivity index (χ2n) is 3.51. The Balaban J connectivity index is 2.22. The van der Waals surface area contributed by atoms with Crippen molar-refractivity contribution in [2.75, 3.05) is 19.7 Å². The van der Waals surface area contributed by atoms with Gasteiger partial charge in [-0.15, -0.1) is 0 Å². The Morgan fingerprint density at radius 3 is 3.00 bits per heavy atom. The van der Waals surface area contributed by atoms with Gasteiger partial charge in [-0.3, -0.25) is 0 Å². The maximum Gasteiger partial charge on any atom is 0.129 e. The predicted molar refractivity (Wildman–Crippen MR) is 51.7 cm³/mol. The highest BCUT2D eigenvalue weighted by molar-refractivity contribution is 5.25. The molecule has 1 radical (unpaired) electrons. The molecular weight excluding hydrogens is 181 g/mol. The van der Waals surface area contributed by atoms with E-state index in [1.54, 1.807) is 6.07 Å². The minimum absolute atomic E-state index is 0.188. The van der Waals surface area contributed by atoms with E-state index in [0.717, 1.165) is 12.1 Å². The van der Waals surface area contributed by atoms with Gasteiger partial charge in [0.2, 0.25) is 0 Å². The van der Waals surface area contributed by atoms with Gasteiger partial charge in [0.05, 0.1) is 12.7 Å². The van der Waals surface area contributed by atoms with Crippen LogP contribution in [-0.2, 0) is 4.74 Å². The molecule has 75 valence electrons. The molecule has 3 heteroatoms. The zero-order chi connectivity index (χ0) is 9.97. The fourth-order valence-corrected chi connectivity index (χ4v) is 1.60. The van der Waals surface area contributed by atoms with Crippen LogP contribution in [0.25, 0.3) is 0 Å². The molecule has 0 aliphatic carbocycles. The van der Waals surface area contributed by atoms with E-state index in [1.165, 1.54) is 6.07 Å². The lowest BCUT2D eigenvalue weighted by atomic mass is 10.1. The summed E-state index contributed by atoms with van der Waals surface area (Å²) in [6, 6.07) is 5.22. The zero-order valence-electron chi connectivity index (χ0n) is 8.16. The molecule has 2 nitrogen and oxygen atoms in total. The van der Waals surface area contributed by atoms with Crippen molar-refractivity contribution in [3.8, 4) is 0 Å². The van der Waals surface area contributed by atoms with E-state index < -0.39 is 0 Å². The Morgan fingerprint density at radius 2 is 2.36 bits per heavy atom. The molecule has 1 aliphatic heterocycles. The molecule has 1 fully saturated rings. The normalized spacial score (nSPS) is 22.3. The molecule has 1 aromatic carbocycles. The van der Waals surface area contributed by atoms with Crippen molar-refractivity contribution in [3.63, 3.8) is 0 Å². The SMILES string of the molecule is Cc1ccc(C2C[N]CCO2)c(F)c1. The van der Waals surface area contributed by atoms with Crippen LogP contribution in [0, 0.1) is 12.7 Å². The van der Waals surface area contributed by atoms with Gasteiger partial charge in [-0.25, -0.2) is 9.71 Å². The molecular formula is C11H13FNO. The number of ether oxygens (including phenoxy) is 1. The van der Waals surface area contributed by atoms with Gasteiger partial charge in [0, 0.05) is 18.7 Å². The van der Waals surface area contributed by atoms with Crippen LogP contribution in [0.4, 0.5) is 4.39 Å². The third kappa shape index (κ3) is 1.94. The Morgan fingerprint density at radius 1 is 1.50 bits per heavy atom. The molecule has 0 spiro atoms. The van der Waals surface area contributed by atoms with Crippen LogP contribution in [0.5, 0.6) is 0 Å². The topological polar surface area (TPSA) is 23.3 Å². The van der Waals surface area contributed by atoms with E-state index in [9.17, 15) is 4.39 Å². The van der Waals surface area contributed by atoms with Crippen LogP contribution in [-0.4, -0.2) is 19.7 Å². The van der Waals surface area contributed by atoms with E-state index >= 15 is 0 Å². The monoisotopic (exact) mass is 194 g/mol. The minimum Gasteiger partial charge on any atom is -0.371 e. The summed E-state index contributed by atoms with van der Waals surface area (Å²) in [6.45, 7) is 3.76. The van der Waals surface area contributed by atoms with Crippen LogP contribution < -0.4 is 5.32 Å². The number of halogens is 1. The third-order valence-corrected chi connectivity index (χ3v) is 2.37. The van der Waals surface area contributed by atoms with Crippen LogP contribution in [0.15, 0.2) is 18.2 Å². The number of aryl methyl sites for hydroxylation is 1. The van der Waals surface area contributed by atoms with Gasteiger partial charge in [-0.05, 0) is 18.6 Å². The van der Waals surface area contributed by atoms with Gasteiger partial charge in [0.1, 0.15) is 5.82 Å². The Hall–Kier alpha value is -0.930. The molecule has 0 saturated carbocycles. The maximum absolute atomic E-state index is 13.5. The fourth-order valence-electron chi connectivity index (χ4n) is 1.60. The molecule has 0 aromatic heterocycles. The summed E-state index contributed by atoms with van der Waals surface area (Å²) >= 11 is 0. The van der Waals surface area contributed by atoms with Crippen molar-refractivity contribution >= 4 is 0 Å². The molecule has 0 amide bonds. The third-order valence-electron chi connectivity index (χ3n) is 2.37. The summed E-state index contributed by atoms with van der Waals surface area (Å²) in [5.74, 6) is -0.188. The first kappa shape index (κ1) is 9.62. The van der Waals surface area contributed by atoms with Gasteiger partial charge in [-0.2, -0.15) is 0 Å². The lowest BCUT2D eigenvalue weighted by Crippen LogP contribution is -2.28. The predicted octanol–water partition coefficient (Wildman–Crippen LogP) is 1.81. The molecule has 1 atom stereocenters. The first-order valence-electron chi connectivity index (χ1n) is 4.78. The van der Waals surface area contributed by atoms with Crippen LogP contribution in [0.3, 0.4) is 0 Å². The second-order valence-corrected chi connectivity index (χ2v) is 3.51. The highest BCUT2D eigenvalue weighted by atomic mass is 19.1. The number of nitrogens with zero attached hydrogens (tertiary/aromatic N) is 1. The lowest BCUT2D eigenvalue weighted by molar-refractivity contribution is 0.0239. The van der Waals surface area contributed by atoms with Crippen LogP contribution >= 0.6 is 0 Å². The number of benzene rings is 1. The van der Waals surface area contributed by atoms with E-state index in [2.05, 4.69) is 5.32 Å². The van der Waals surface area contributed by atoms with Gasteiger partial charge in [0.15, 0.2) is 0 Å². The molecule has 0 bridgehead atoms. The molecule has 14 heavy (non-hydrogen) atoms. The van der Waals surface area contributed by atoms with Crippen LogP contribution in [0.2, 0.25) is 0 Å². The van der Waals surface area contributed by atoms with Gasteiger partial charge in [-0.1, -0.05) is 12.1 Å². The molecule has 1 saturated heterocycles. The number of rotatable bonds is 1. The zero-order valence-corrected chi connectivity index (χ0v) is 8.16. The highest BCUT2D eigenvalue weighted by Crippen LogP contribution is 2.22. The molecule has 1 aromatic rings. The molecule has 1 aliphatic rings. The fraction of sp³-hybridized carbons (Fsp3) is 0.455. The van der Waals surface area contributed by atoms with E-state index in [0.29, 0.717) is 18.7 Å². The maximum atomic E-state index is 13.5. The molecule has 0 N–H and O–H groups in total. The van der Waals surface area contributed by atoms with Crippen molar-refractivity contribution < 1.29 is 9.13 Å². The summed E-state index contributed by atoms with van der Waals surface area (Å²) in [6.07, 6.45) is -0.190. The number of morpholine rings is 1. The van der Waals surface area contributed by atoms with Crippen molar-refractivity contribution in [1.29, 1.82) is 0 Å². The first-order chi connectivity index (χ1) is 6.77. The van der Waals surface area contributed by atoms with Gasteiger partial charge < -0.3 is 4.74 Å². The Kier molecular flexibility index (Phi) is 2.79. The Bertz CT molecular complexity index is 321. The van der Waals surface area contributed by atoms with Crippen LogP contribution in [0.1, 0.15) is 17.2 Å².